The minimum absolute atomic E-state index is 0.184. The lowest BCUT2D eigenvalue weighted by Gasteiger charge is -2.40. The summed E-state index contributed by atoms with van der Waals surface area (Å²) >= 11 is 0. The molecule has 0 aliphatic carbocycles. The van der Waals surface area contributed by atoms with Gasteiger partial charge in [0.15, 0.2) is 6.29 Å². The van der Waals surface area contributed by atoms with Crippen molar-refractivity contribution in [2.24, 2.45) is 0 Å². The van der Waals surface area contributed by atoms with Crippen LogP contribution in [-0.4, -0.2) is 87.5 Å². The first-order valence-corrected chi connectivity index (χ1v) is 30.2. The highest BCUT2D eigenvalue weighted by atomic mass is 16.7. The molecule has 9 nitrogen and oxygen atoms in total. The topological polar surface area (TPSA) is 149 Å². The van der Waals surface area contributed by atoms with Crippen LogP contribution in [-0.2, 0) is 14.3 Å². The van der Waals surface area contributed by atoms with Gasteiger partial charge in [0.1, 0.15) is 24.4 Å². The molecule has 1 rings (SSSR count). The third-order valence-corrected chi connectivity index (χ3v) is 14.4. The number of allylic oxidation sites excluding steroid dienone is 5. The smallest absolute Gasteiger partial charge is 0.220 e. The molecule has 7 atom stereocenters. The van der Waals surface area contributed by atoms with E-state index in [2.05, 4.69) is 43.5 Å². The summed E-state index contributed by atoms with van der Waals surface area (Å²) < 4.78 is 11.2. The summed E-state index contributed by atoms with van der Waals surface area (Å²) in [5.41, 5.74) is 0. The number of rotatable bonds is 52. The van der Waals surface area contributed by atoms with Gasteiger partial charge in [-0.15, -0.1) is 0 Å². The van der Waals surface area contributed by atoms with Gasteiger partial charge in [0.05, 0.1) is 25.4 Å². The van der Waals surface area contributed by atoms with E-state index in [1.165, 1.54) is 231 Å². The number of hydrogen-bond donors (Lipinski definition) is 6. The zero-order chi connectivity index (χ0) is 50.8. The molecule has 0 aromatic carbocycles. The van der Waals surface area contributed by atoms with Crippen LogP contribution < -0.4 is 5.32 Å². The van der Waals surface area contributed by atoms with Gasteiger partial charge < -0.3 is 40.3 Å². The molecule has 9 heteroatoms. The lowest BCUT2D eigenvalue weighted by Crippen LogP contribution is -2.60. The molecule has 1 aliphatic rings. The predicted octanol–water partition coefficient (Wildman–Crippen LogP) is 15.1. The average Bonchev–Trinajstić information content (AvgIpc) is 3.36. The molecule has 7 unspecified atom stereocenters. The van der Waals surface area contributed by atoms with Gasteiger partial charge in [0, 0.05) is 6.42 Å². The maximum atomic E-state index is 13.0. The fourth-order valence-electron chi connectivity index (χ4n) is 9.64. The van der Waals surface area contributed by atoms with E-state index in [0.29, 0.717) is 6.42 Å². The van der Waals surface area contributed by atoms with Gasteiger partial charge in [-0.3, -0.25) is 4.79 Å². The first kappa shape index (κ1) is 66.4. The van der Waals surface area contributed by atoms with Crippen LogP contribution in [0.2, 0.25) is 0 Å². The fourth-order valence-corrected chi connectivity index (χ4v) is 9.64. The highest BCUT2D eigenvalue weighted by molar-refractivity contribution is 5.76. The molecule has 0 aromatic rings. The van der Waals surface area contributed by atoms with Crippen molar-refractivity contribution in [1.29, 1.82) is 0 Å². The lowest BCUT2D eigenvalue weighted by atomic mass is 9.99. The third-order valence-electron chi connectivity index (χ3n) is 14.4. The van der Waals surface area contributed by atoms with Crippen molar-refractivity contribution in [2.75, 3.05) is 13.2 Å². The van der Waals surface area contributed by atoms with E-state index in [1.54, 1.807) is 6.08 Å². The molecule has 0 bridgehead atoms. The summed E-state index contributed by atoms with van der Waals surface area (Å²) in [5.74, 6) is -0.184. The van der Waals surface area contributed by atoms with E-state index in [4.69, 9.17) is 9.47 Å². The Morgan fingerprint density at radius 2 is 0.814 bits per heavy atom. The molecule has 0 saturated carbocycles. The number of carbonyl (C=O) groups excluding carboxylic acids is 1. The highest BCUT2D eigenvalue weighted by Crippen LogP contribution is 2.23. The monoisotopic (exact) mass is 990 g/mol. The van der Waals surface area contributed by atoms with Crippen molar-refractivity contribution in [1.82, 2.24) is 5.32 Å². The Bertz CT molecular complexity index is 1190. The normalized spacial score (nSPS) is 19.6. The lowest BCUT2D eigenvalue weighted by molar-refractivity contribution is -0.302. The van der Waals surface area contributed by atoms with Crippen LogP contribution in [0.25, 0.3) is 0 Å². The molecule has 1 amide bonds. The molecule has 1 aliphatic heterocycles. The van der Waals surface area contributed by atoms with Gasteiger partial charge in [-0.25, -0.2) is 0 Å². The standard InChI is InChI=1S/C61H115NO8/c1-3-5-7-9-11-13-15-17-18-19-20-21-22-23-24-25-26-27-28-29-30-31-32-33-34-35-36-37-38-39-41-43-45-47-49-51-57(65)62-54(53-69-61-60(68)59(67)58(66)56(52-63)70-61)55(64)50-48-46-44-42-40-16-14-12-10-8-6-4-2/h25-26,40,42,48,50,54-56,58-61,63-64,66-68H,3-24,27-39,41,43-47,49,51-53H2,1-2H3,(H,62,65)/b26-25-,42-40+,50-48+. The molecule has 0 spiro atoms. The molecule has 1 saturated heterocycles. The second kappa shape index (κ2) is 50.9. The first-order valence-electron chi connectivity index (χ1n) is 30.2. The summed E-state index contributed by atoms with van der Waals surface area (Å²) in [6.45, 7) is 3.76. The number of unbranched alkanes of at least 4 members (excludes halogenated alkanes) is 38. The number of aliphatic hydroxyl groups excluding tert-OH is 5. The molecule has 1 fully saturated rings. The van der Waals surface area contributed by atoms with Crippen LogP contribution in [0.3, 0.4) is 0 Å². The molecule has 70 heavy (non-hydrogen) atoms. The minimum atomic E-state index is -1.57. The SMILES string of the molecule is CCCCCCCC/C=C/CC/C=C/C(O)C(COC1OC(CO)C(O)C(O)C1O)NC(=O)CCCCCCCCCCCCCCCCCCC/C=C\CCCCCCCCCCCCCCCC. The second-order valence-corrected chi connectivity index (χ2v) is 21.1. The Morgan fingerprint density at radius 1 is 0.471 bits per heavy atom. The van der Waals surface area contributed by atoms with Crippen molar-refractivity contribution in [3.05, 3.63) is 36.5 Å². The number of amides is 1. The van der Waals surface area contributed by atoms with Gasteiger partial charge >= 0.3 is 0 Å². The van der Waals surface area contributed by atoms with Crippen molar-refractivity contribution in [3.63, 3.8) is 0 Å². The highest BCUT2D eigenvalue weighted by Gasteiger charge is 2.44. The maximum absolute atomic E-state index is 13.0. The van der Waals surface area contributed by atoms with Gasteiger partial charge in [0.2, 0.25) is 5.91 Å². The molecular weight excluding hydrogens is 875 g/mol. The summed E-state index contributed by atoms with van der Waals surface area (Å²) in [4.78, 5) is 13.0. The van der Waals surface area contributed by atoms with Gasteiger partial charge in [0.25, 0.3) is 0 Å². The van der Waals surface area contributed by atoms with Crippen LogP contribution in [0.5, 0.6) is 0 Å². The van der Waals surface area contributed by atoms with E-state index >= 15 is 0 Å². The van der Waals surface area contributed by atoms with E-state index in [9.17, 15) is 30.3 Å². The molecule has 0 radical (unpaired) electrons. The maximum Gasteiger partial charge on any atom is 0.220 e. The average molecular weight is 991 g/mol. The van der Waals surface area contributed by atoms with Crippen LogP contribution in [0.4, 0.5) is 0 Å². The quantitative estimate of drug-likeness (QED) is 0.0261. The molecule has 0 aromatic heterocycles. The number of hydrogen-bond acceptors (Lipinski definition) is 8. The van der Waals surface area contributed by atoms with E-state index in [-0.39, 0.29) is 12.5 Å². The summed E-state index contributed by atoms with van der Waals surface area (Å²) in [6.07, 6.45) is 59.7. The first-order chi connectivity index (χ1) is 34.3. The Balaban J connectivity index is 2.07. The number of nitrogens with one attached hydrogen (secondary N) is 1. The van der Waals surface area contributed by atoms with E-state index in [0.717, 1.165) is 38.5 Å². The summed E-state index contributed by atoms with van der Waals surface area (Å²) in [7, 11) is 0. The Kier molecular flexibility index (Phi) is 48.3. The van der Waals surface area contributed by atoms with Crippen molar-refractivity contribution < 1.29 is 39.8 Å². The van der Waals surface area contributed by atoms with Crippen LogP contribution in [0.15, 0.2) is 36.5 Å². The Morgan fingerprint density at radius 3 is 1.20 bits per heavy atom. The van der Waals surface area contributed by atoms with Crippen LogP contribution in [0.1, 0.15) is 290 Å². The number of carbonyl (C=O) groups is 1. The molecule has 412 valence electrons. The van der Waals surface area contributed by atoms with E-state index in [1.807, 2.05) is 6.08 Å². The predicted molar refractivity (Wildman–Crippen MR) is 295 cm³/mol. The largest absolute Gasteiger partial charge is 0.394 e. The van der Waals surface area contributed by atoms with Crippen molar-refractivity contribution in [2.45, 2.75) is 333 Å². The van der Waals surface area contributed by atoms with E-state index < -0.39 is 49.5 Å². The third kappa shape index (κ3) is 39.9. The Labute approximate surface area is 431 Å². The summed E-state index contributed by atoms with van der Waals surface area (Å²) in [5, 5.41) is 54.3. The fraction of sp³-hybridized carbons (Fsp3) is 0.885. The van der Waals surface area contributed by atoms with Gasteiger partial charge in [-0.1, -0.05) is 262 Å². The molecule has 6 N–H and O–H groups in total. The summed E-state index contributed by atoms with van der Waals surface area (Å²) in [6, 6.07) is -0.819. The number of aliphatic hydroxyl groups is 5. The zero-order valence-electron chi connectivity index (χ0n) is 45.8. The molecular formula is C61H115NO8. The Hall–Kier alpha value is -1.59. The van der Waals surface area contributed by atoms with Gasteiger partial charge in [-0.05, 0) is 57.8 Å². The zero-order valence-corrected chi connectivity index (χ0v) is 45.8. The van der Waals surface area contributed by atoms with Gasteiger partial charge in [-0.2, -0.15) is 0 Å². The second-order valence-electron chi connectivity index (χ2n) is 21.1. The minimum Gasteiger partial charge on any atom is -0.394 e. The molecule has 1 heterocycles. The van der Waals surface area contributed by atoms with Crippen LogP contribution in [0, 0.1) is 0 Å². The number of ether oxygens (including phenoxy) is 2. The van der Waals surface area contributed by atoms with Crippen molar-refractivity contribution >= 4 is 5.91 Å². The van der Waals surface area contributed by atoms with Crippen LogP contribution >= 0.6 is 0 Å². The van der Waals surface area contributed by atoms with Crippen molar-refractivity contribution in [3.8, 4) is 0 Å².